The second-order valence-electron chi connectivity index (χ2n) is 5.95. The summed E-state index contributed by atoms with van der Waals surface area (Å²) in [6.07, 6.45) is 2.71. The lowest BCUT2D eigenvalue weighted by Crippen LogP contribution is -2.24. The van der Waals surface area contributed by atoms with Crippen molar-refractivity contribution in [1.82, 2.24) is 10.3 Å². The number of hydrogen-bond donors (Lipinski definition) is 1. The molecule has 0 fully saturated rings. The van der Waals surface area contributed by atoms with Crippen LogP contribution in [0.3, 0.4) is 0 Å². The van der Waals surface area contributed by atoms with Gasteiger partial charge < -0.3 is 14.5 Å². The number of rotatable bonds is 4. The zero-order valence-electron chi connectivity index (χ0n) is 12.2. The molecule has 0 atom stereocenters. The van der Waals surface area contributed by atoms with Crippen molar-refractivity contribution in [3.8, 4) is 5.75 Å². The molecule has 1 aromatic carbocycles. The first-order chi connectivity index (χ1) is 9.52. The Morgan fingerprint density at radius 2 is 2.15 bits per heavy atom. The summed E-state index contributed by atoms with van der Waals surface area (Å²) in [5.74, 6) is 2.59. The molecule has 4 heteroatoms. The van der Waals surface area contributed by atoms with Crippen LogP contribution in [-0.4, -0.2) is 10.6 Å². The number of hydrogen-bond acceptors (Lipinski definition) is 4. The molecule has 0 saturated heterocycles. The van der Waals surface area contributed by atoms with Crippen LogP contribution in [0.5, 0.6) is 5.75 Å². The van der Waals surface area contributed by atoms with Gasteiger partial charge in [-0.15, -0.1) is 0 Å². The summed E-state index contributed by atoms with van der Waals surface area (Å²) >= 11 is 0. The van der Waals surface area contributed by atoms with Crippen molar-refractivity contribution < 1.29 is 9.15 Å². The Morgan fingerprint density at radius 3 is 2.90 bits per heavy atom. The molecule has 106 valence electrons. The number of aromatic nitrogens is 1. The zero-order chi connectivity index (χ0) is 14.2. The SMILES string of the molecule is Cc1cnc(CNCc2ccc3c(c2)CC(C)(C)O3)o1. The molecule has 0 unspecified atom stereocenters. The minimum atomic E-state index is -0.0794. The third-order valence-electron chi connectivity index (χ3n) is 3.40. The molecule has 2 heterocycles. The largest absolute Gasteiger partial charge is 0.487 e. The summed E-state index contributed by atoms with van der Waals surface area (Å²) in [5.41, 5.74) is 2.47. The highest BCUT2D eigenvalue weighted by molar-refractivity contribution is 5.41. The molecule has 0 bridgehead atoms. The summed E-state index contributed by atoms with van der Waals surface area (Å²) in [6, 6.07) is 6.39. The van der Waals surface area contributed by atoms with Crippen LogP contribution in [0.1, 0.15) is 36.6 Å². The molecule has 0 radical (unpaired) electrons. The van der Waals surface area contributed by atoms with Gasteiger partial charge in [0, 0.05) is 13.0 Å². The molecular weight excluding hydrogens is 252 g/mol. The lowest BCUT2D eigenvalue weighted by molar-refractivity contribution is 0.138. The van der Waals surface area contributed by atoms with E-state index in [0.717, 1.165) is 30.4 Å². The Morgan fingerprint density at radius 1 is 1.30 bits per heavy atom. The fourth-order valence-corrected chi connectivity index (χ4v) is 2.57. The van der Waals surface area contributed by atoms with Crippen LogP contribution in [0.4, 0.5) is 0 Å². The summed E-state index contributed by atoms with van der Waals surface area (Å²) in [6.45, 7) is 7.59. The summed E-state index contributed by atoms with van der Waals surface area (Å²) < 4.78 is 11.3. The van der Waals surface area contributed by atoms with E-state index < -0.39 is 0 Å². The Bertz CT molecular complexity index is 617. The third kappa shape index (κ3) is 2.85. The van der Waals surface area contributed by atoms with Crippen molar-refractivity contribution in [3.63, 3.8) is 0 Å². The normalized spacial score (nSPS) is 15.9. The average molecular weight is 272 g/mol. The maximum atomic E-state index is 5.88. The van der Waals surface area contributed by atoms with Crippen LogP contribution in [0.15, 0.2) is 28.8 Å². The first-order valence-electron chi connectivity index (χ1n) is 6.95. The topological polar surface area (TPSA) is 47.3 Å². The number of fused-ring (bicyclic) bond motifs is 1. The van der Waals surface area contributed by atoms with Crippen molar-refractivity contribution in [2.24, 2.45) is 0 Å². The molecule has 20 heavy (non-hydrogen) atoms. The zero-order valence-corrected chi connectivity index (χ0v) is 12.2. The Balaban J connectivity index is 1.59. The van der Waals surface area contributed by atoms with Gasteiger partial charge in [0.2, 0.25) is 5.89 Å². The van der Waals surface area contributed by atoms with E-state index in [1.165, 1.54) is 11.1 Å². The third-order valence-corrected chi connectivity index (χ3v) is 3.40. The van der Waals surface area contributed by atoms with Gasteiger partial charge in [-0.1, -0.05) is 12.1 Å². The number of nitrogens with zero attached hydrogens (tertiary/aromatic N) is 1. The van der Waals surface area contributed by atoms with Crippen LogP contribution in [0, 0.1) is 6.92 Å². The van der Waals surface area contributed by atoms with Crippen LogP contribution < -0.4 is 10.1 Å². The smallest absolute Gasteiger partial charge is 0.208 e. The van der Waals surface area contributed by atoms with E-state index in [1.54, 1.807) is 6.20 Å². The molecule has 0 saturated carbocycles. The molecule has 2 aromatic rings. The van der Waals surface area contributed by atoms with Crippen molar-refractivity contribution in [1.29, 1.82) is 0 Å². The van der Waals surface area contributed by atoms with Gasteiger partial charge >= 0.3 is 0 Å². The van der Waals surface area contributed by atoms with Gasteiger partial charge in [0.1, 0.15) is 17.1 Å². The predicted molar refractivity (Wildman–Crippen MR) is 76.6 cm³/mol. The lowest BCUT2D eigenvalue weighted by atomic mass is 10.0. The number of ether oxygens (including phenoxy) is 1. The van der Waals surface area contributed by atoms with Crippen molar-refractivity contribution in [2.45, 2.75) is 45.9 Å². The quantitative estimate of drug-likeness (QED) is 0.929. The van der Waals surface area contributed by atoms with Crippen molar-refractivity contribution in [2.75, 3.05) is 0 Å². The van der Waals surface area contributed by atoms with E-state index in [9.17, 15) is 0 Å². The van der Waals surface area contributed by atoms with Gasteiger partial charge in [0.05, 0.1) is 12.7 Å². The van der Waals surface area contributed by atoms with Gasteiger partial charge in [0.15, 0.2) is 0 Å². The second kappa shape index (κ2) is 4.94. The fourth-order valence-electron chi connectivity index (χ4n) is 2.57. The van der Waals surface area contributed by atoms with E-state index >= 15 is 0 Å². The second-order valence-corrected chi connectivity index (χ2v) is 5.95. The highest BCUT2D eigenvalue weighted by Crippen LogP contribution is 2.35. The van der Waals surface area contributed by atoms with E-state index in [2.05, 4.69) is 42.3 Å². The van der Waals surface area contributed by atoms with Crippen LogP contribution in [0.25, 0.3) is 0 Å². The molecule has 3 rings (SSSR count). The van der Waals surface area contributed by atoms with Crippen LogP contribution >= 0.6 is 0 Å². The van der Waals surface area contributed by atoms with E-state index in [4.69, 9.17) is 9.15 Å². The molecule has 1 aliphatic rings. The molecule has 0 amide bonds. The lowest BCUT2D eigenvalue weighted by Gasteiger charge is -2.16. The first kappa shape index (κ1) is 13.2. The Labute approximate surface area is 119 Å². The summed E-state index contributed by atoms with van der Waals surface area (Å²) in [5, 5.41) is 3.35. The van der Waals surface area contributed by atoms with Gasteiger partial charge in [-0.05, 0) is 38.0 Å². The first-order valence-corrected chi connectivity index (χ1v) is 6.95. The number of aryl methyl sites for hydroxylation is 1. The molecule has 1 aliphatic heterocycles. The maximum Gasteiger partial charge on any atom is 0.208 e. The van der Waals surface area contributed by atoms with Gasteiger partial charge in [-0.3, -0.25) is 0 Å². The Kier molecular flexibility index (Phi) is 3.26. The number of oxazole rings is 1. The maximum absolute atomic E-state index is 5.88. The number of nitrogens with one attached hydrogen (secondary N) is 1. The van der Waals surface area contributed by atoms with E-state index in [1.807, 2.05) is 6.92 Å². The summed E-state index contributed by atoms with van der Waals surface area (Å²) in [4.78, 5) is 4.17. The Hall–Kier alpha value is -1.81. The monoisotopic (exact) mass is 272 g/mol. The molecule has 1 N–H and O–H groups in total. The van der Waals surface area contributed by atoms with Crippen molar-refractivity contribution in [3.05, 3.63) is 47.2 Å². The fraction of sp³-hybridized carbons (Fsp3) is 0.438. The minimum absolute atomic E-state index is 0.0794. The predicted octanol–water partition coefficient (Wildman–Crippen LogP) is 2.99. The van der Waals surface area contributed by atoms with Gasteiger partial charge in [-0.2, -0.15) is 0 Å². The van der Waals surface area contributed by atoms with Crippen LogP contribution in [0.2, 0.25) is 0 Å². The highest BCUT2D eigenvalue weighted by atomic mass is 16.5. The standard InChI is InChI=1S/C16H20N2O2/c1-11-8-18-15(19-11)10-17-9-12-4-5-14-13(6-12)7-16(2,3)20-14/h4-6,8,17H,7,9-10H2,1-3H3. The van der Waals surface area contributed by atoms with E-state index in [0.29, 0.717) is 6.54 Å². The van der Waals surface area contributed by atoms with Crippen LogP contribution in [-0.2, 0) is 19.5 Å². The highest BCUT2D eigenvalue weighted by Gasteiger charge is 2.29. The van der Waals surface area contributed by atoms with Gasteiger partial charge in [0.25, 0.3) is 0 Å². The number of benzene rings is 1. The molecular formula is C16H20N2O2. The molecule has 1 aromatic heterocycles. The minimum Gasteiger partial charge on any atom is -0.487 e. The summed E-state index contributed by atoms with van der Waals surface area (Å²) in [7, 11) is 0. The molecule has 0 aliphatic carbocycles. The van der Waals surface area contributed by atoms with E-state index in [-0.39, 0.29) is 5.60 Å². The van der Waals surface area contributed by atoms with Crippen molar-refractivity contribution >= 4 is 0 Å². The molecule has 0 spiro atoms. The van der Waals surface area contributed by atoms with Gasteiger partial charge in [-0.25, -0.2) is 4.98 Å². The average Bonchev–Trinajstić information content (AvgIpc) is 2.90. The molecule has 4 nitrogen and oxygen atoms in total.